The van der Waals surface area contributed by atoms with Gasteiger partial charge in [0.1, 0.15) is 5.01 Å². The molecule has 132 valence electrons. The number of nitrogens with one attached hydrogen (secondary N) is 1. The summed E-state index contributed by atoms with van der Waals surface area (Å²) in [6, 6.07) is 10.5. The van der Waals surface area contributed by atoms with Crippen molar-refractivity contribution < 1.29 is 9.69 Å². The lowest BCUT2D eigenvalue weighted by molar-refractivity contribution is -0.886. The molecule has 2 atom stereocenters. The van der Waals surface area contributed by atoms with Crippen molar-refractivity contribution in [1.82, 2.24) is 9.88 Å². The Morgan fingerprint density at radius 1 is 1.24 bits per heavy atom. The molecule has 0 spiro atoms. The van der Waals surface area contributed by atoms with E-state index in [0.29, 0.717) is 18.4 Å². The van der Waals surface area contributed by atoms with Gasteiger partial charge in [-0.2, -0.15) is 0 Å². The van der Waals surface area contributed by atoms with Gasteiger partial charge < -0.3 is 9.80 Å². The zero-order valence-electron chi connectivity index (χ0n) is 14.6. The molecule has 0 bridgehead atoms. The molecule has 1 aromatic heterocycles. The number of amides is 1. The fourth-order valence-corrected chi connectivity index (χ4v) is 4.58. The average molecular weight is 357 g/mol. The number of hydrogen-bond donors (Lipinski definition) is 1. The van der Waals surface area contributed by atoms with Gasteiger partial charge in [-0.05, 0) is 17.9 Å². The van der Waals surface area contributed by atoms with Crippen LogP contribution in [0.4, 0.5) is 0 Å². The fraction of sp³-hybridized carbons (Fsp3) is 0.500. The lowest BCUT2D eigenvalue weighted by Crippen LogP contribution is -3.10. The smallest absolute Gasteiger partial charge is 0.226 e. The first kappa shape index (κ1) is 16.7. The van der Waals surface area contributed by atoms with Crippen LogP contribution in [0.5, 0.6) is 0 Å². The van der Waals surface area contributed by atoms with E-state index in [1.54, 1.807) is 16.2 Å². The molecule has 25 heavy (non-hydrogen) atoms. The van der Waals surface area contributed by atoms with E-state index < -0.39 is 0 Å². The molecule has 1 saturated heterocycles. The fourth-order valence-electron chi connectivity index (χ4n) is 3.95. The van der Waals surface area contributed by atoms with Crippen molar-refractivity contribution in [3.63, 3.8) is 0 Å². The molecule has 5 heteroatoms. The lowest BCUT2D eigenvalue weighted by Gasteiger charge is -2.23. The Balaban J connectivity index is 1.40. The maximum Gasteiger partial charge on any atom is 0.226 e. The molecular weight excluding hydrogens is 330 g/mol. The van der Waals surface area contributed by atoms with Crippen LogP contribution in [0.15, 0.2) is 41.9 Å². The predicted octanol–water partition coefficient (Wildman–Crippen LogP) is 1.95. The van der Waals surface area contributed by atoms with Crippen LogP contribution in [0.25, 0.3) is 0 Å². The highest BCUT2D eigenvalue weighted by molar-refractivity contribution is 7.09. The summed E-state index contributed by atoms with van der Waals surface area (Å²) in [5.41, 5.74) is 1.31. The SMILES string of the molecule is O=C([C@H]1C[C@H]1c1ccccc1)N(CC[NH+]1CCCC1)Cc1nccs1. The van der Waals surface area contributed by atoms with Gasteiger partial charge in [-0.3, -0.25) is 4.79 Å². The molecule has 1 amide bonds. The Morgan fingerprint density at radius 2 is 2.04 bits per heavy atom. The molecule has 2 aliphatic rings. The van der Waals surface area contributed by atoms with Crippen molar-refractivity contribution in [3.8, 4) is 0 Å². The number of aromatic nitrogens is 1. The van der Waals surface area contributed by atoms with Crippen LogP contribution in [-0.2, 0) is 11.3 Å². The zero-order valence-corrected chi connectivity index (χ0v) is 15.4. The Kier molecular flexibility index (Phi) is 5.13. The summed E-state index contributed by atoms with van der Waals surface area (Å²) < 4.78 is 0. The summed E-state index contributed by atoms with van der Waals surface area (Å²) in [6.45, 7) is 5.11. The summed E-state index contributed by atoms with van der Waals surface area (Å²) in [5.74, 6) is 0.894. The van der Waals surface area contributed by atoms with E-state index in [0.717, 1.165) is 24.5 Å². The monoisotopic (exact) mass is 356 g/mol. The number of hydrogen-bond acceptors (Lipinski definition) is 3. The van der Waals surface area contributed by atoms with Crippen molar-refractivity contribution in [1.29, 1.82) is 0 Å². The molecule has 1 aliphatic carbocycles. The predicted molar refractivity (Wildman–Crippen MR) is 99.6 cm³/mol. The third kappa shape index (κ3) is 4.10. The molecule has 2 aromatic rings. The van der Waals surface area contributed by atoms with Crippen LogP contribution in [0.3, 0.4) is 0 Å². The number of nitrogens with zero attached hydrogens (tertiary/aromatic N) is 2. The van der Waals surface area contributed by atoms with Gasteiger partial charge in [0.25, 0.3) is 0 Å². The molecule has 4 rings (SSSR count). The van der Waals surface area contributed by atoms with Crippen molar-refractivity contribution in [3.05, 3.63) is 52.5 Å². The van der Waals surface area contributed by atoms with Crippen molar-refractivity contribution in [2.75, 3.05) is 26.2 Å². The van der Waals surface area contributed by atoms with Gasteiger partial charge in [0.15, 0.2) is 0 Å². The zero-order chi connectivity index (χ0) is 17.1. The number of likely N-dealkylation sites (tertiary alicyclic amines) is 1. The van der Waals surface area contributed by atoms with Gasteiger partial charge in [0.2, 0.25) is 5.91 Å². The van der Waals surface area contributed by atoms with Crippen LogP contribution in [0.2, 0.25) is 0 Å². The molecule has 0 radical (unpaired) electrons. The molecule has 2 heterocycles. The van der Waals surface area contributed by atoms with E-state index in [1.165, 1.54) is 31.5 Å². The molecule has 1 N–H and O–H groups in total. The minimum absolute atomic E-state index is 0.163. The number of quaternary nitrogens is 1. The summed E-state index contributed by atoms with van der Waals surface area (Å²) in [4.78, 5) is 21.2. The maximum atomic E-state index is 13.1. The van der Waals surface area contributed by atoms with Crippen LogP contribution >= 0.6 is 11.3 Å². The molecule has 1 aliphatic heterocycles. The first-order valence-electron chi connectivity index (χ1n) is 9.37. The number of rotatable bonds is 7. The summed E-state index contributed by atoms with van der Waals surface area (Å²) in [5, 5.41) is 3.04. The molecule has 4 nitrogen and oxygen atoms in total. The van der Waals surface area contributed by atoms with E-state index in [2.05, 4.69) is 34.1 Å². The number of carbonyl (C=O) groups excluding carboxylic acids is 1. The van der Waals surface area contributed by atoms with Crippen LogP contribution in [-0.4, -0.2) is 42.0 Å². The minimum Gasteiger partial charge on any atom is -0.333 e. The van der Waals surface area contributed by atoms with E-state index in [-0.39, 0.29) is 5.92 Å². The van der Waals surface area contributed by atoms with Gasteiger partial charge in [-0.1, -0.05) is 30.3 Å². The largest absolute Gasteiger partial charge is 0.333 e. The Morgan fingerprint density at radius 3 is 2.76 bits per heavy atom. The van der Waals surface area contributed by atoms with Gasteiger partial charge in [-0.15, -0.1) is 11.3 Å². The van der Waals surface area contributed by atoms with Crippen molar-refractivity contribution in [2.24, 2.45) is 5.92 Å². The maximum absolute atomic E-state index is 13.1. The van der Waals surface area contributed by atoms with E-state index in [1.807, 2.05) is 17.6 Å². The molecule has 1 aromatic carbocycles. The Labute approximate surface area is 153 Å². The van der Waals surface area contributed by atoms with Gasteiger partial charge in [0.05, 0.1) is 32.7 Å². The third-order valence-electron chi connectivity index (χ3n) is 5.50. The normalized spacial score (nSPS) is 22.9. The van der Waals surface area contributed by atoms with E-state index >= 15 is 0 Å². The lowest BCUT2D eigenvalue weighted by atomic mass is 10.1. The highest BCUT2D eigenvalue weighted by Crippen LogP contribution is 2.48. The van der Waals surface area contributed by atoms with Crippen molar-refractivity contribution in [2.45, 2.75) is 31.7 Å². The average Bonchev–Trinajstić information content (AvgIpc) is 3.02. The molecule has 1 saturated carbocycles. The Hall–Kier alpha value is -1.72. The van der Waals surface area contributed by atoms with Crippen molar-refractivity contribution >= 4 is 17.2 Å². The first-order chi connectivity index (χ1) is 12.3. The number of thiazole rings is 1. The second-order valence-corrected chi connectivity index (χ2v) is 8.23. The molecular formula is C20H26N3OS+. The van der Waals surface area contributed by atoms with Crippen LogP contribution in [0, 0.1) is 5.92 Å². The first-order valence-corrected chi connectivity index (χ1v) is 10.2. The minimum atomic E-state index is 0.163. The van der Waals surface area contributed by atoms with E-state index in [9.17, 15) is 4.79 Å². The topological polar surface area (TPSA) is 37.6 Å². The third-order valence-corrected chi connectivity index (χ3v) is 6.27. The Bertz CT molecular complexity index is 682. The van der Waals surface area contributed by atoms with Crippen LogP contribution < -0.4 is 4.90 Å². The highest BCUT2D eigenvalue weighted by Gasteiger charge is 2.45. The molecule has 2 fully saturated rings. The van der Waals surface area contributed by atoms with E-state index in [4.69, 9.17) is 0 Å². The van der Waals surface area contributed by atoms with Gasteiger partial charge >= 0.3 is 0 Å². The summed E-state index contributed by atoms with van der Waals surface area (Å²) >= 11 is 1.64. The van der Waals surface area contributed by atoms with Crippen LogP contribution in [0.1, 0.15) is 35.8 Å². The standard InChI is InChI=1S/C20H25N3OS/c24-20(18-14-17(18)16-6-2-1-3-7-16)23(15-19-21-8-13-25-19)12-11-22-9-4-5-10-22/h1-3,6-8,13,17-18H,4-5,9-12,14-15H2/p+1/t17-,18-/m0/s1. The summed E-state index contributed by atoms with van der Waals surface area (Å²) in [6.07, 6.45) is 5.48. The van der Waals surface area contributed by atoms with Gasteiger partial charge in [-0.25, -0.2) is 4.98 Å². The summed E-state index contributed by atoms with van der Waals surface area (Å²) in [7, 11) is 0. The quantitative estimate of drug-likeness (QED) is 0.823. The number of benzene rings is 1. The highest BCUT2D eigenvalue weighted by atomic mass is 32.1. The second kappa shape index (κ2) is 7.67. The molecule has 0 unspecified atom stereocenters. The second-order valence-electron chi connectivity index (χ2n) is 7.25. The number of carbonyl (C=O) groups is 1. The van der Waals surface area contributed by atoms with Gasteiger partial charge in [0, 0.05) is 30.3 Å².